The molecular formula is C46H62N9O8S2+. The van der Waals surface area contributed by atoms with E-state index in [1.807, 2.05) is 45.3 Å². The zero-order valence-electron chi connectivity index (χ0n) is 38.7. The molecule has 3 aliphatic heterocycles. The van der Waals surface area contributed by atoms with E-state index in [0.717, 1.165) is 44.4 Å². The molecule has 1 aromatic carbocycles. The van der Waals surface area contributed by atoms with Crippen LogP contribution in [0.4, 0.5) is 0 Å². The number of aromatic nitrogens is 3. The summed E-state index contributed by atoms with van der Waals surface area (Å²) in [6, 6.07) is 6.57. The first-order valence-electron chi connectivity index (χ1n) is 22.2. The van der Waals surface area contributed by atoms with E-state index in [4.69, 9.17) is 19.4 Å². The molecule has 19 heteroatoms. The van der Waals surface area contributed by atoms with Gasteiger partial charge in [0.25, 0.3) is 5.91 Å². The molecule has 2 fully saturated rings. The second-order valence-corrected chi connectivity index (χ2v) is 21.2. The maximum absolute atomic E-state index is 14.6. The van der Waals surface area contributed by atoms with Crippen LogP contribution in [0.3, 0.4) is 0 Å². The normalized spacial score (nSPS) is 21.9. The van der Waals surface area contributed by atoms with Crippen molar-refractivity contribution in [1.29, 1.82) is 0 Å². The molecule has 65 heavy (non-hydrogen) atoms. The Balaban J connectivity index is 1.24. The minimum atomic E-state index is -3.68. The van der Waals surface area contributed by atoms with Gasteiger partial charge in [0.05, 0.1) is 53.3 Å². The van der Waals surface area contributed by atoms with Gasteiger partial charge in [-0.1, -0.05) is 39.8 Å². The van der Waals surface area contributed by atoms with Crippen molar-refractivity contribution in [2.75, 3.05) is 40.4 Å². The van der Waals surface area contributed by atoms with E-state index < -0.39 is 57.4 Å². The molecule has 3 aromatic heterocycles. The highest BCUT2D eigenvalue weighted by atomic mass is 32.2. The number of carbonyl (C=O) groups is 3. The van der Waals surface area contributed by atoms with Crippen molar-refractivity contribution < 1.29 is 37.1 Å². The van der Waals surface area contributed by atoms with Gasteiger partial charge in [-0.2, -0.15) is 4.31 Å². The third-order valence-corrected chi connectivity index (χ3v) is 15.2. The lowest BCUT2D eigenvalue weighted by Gasteiger charge is -2.36. The predicted molar refractivity (Wildman–Crippen MR) is 248 cm³/mol. The third-order valence-electron chi connectivity index (χ3n) is 12.7. The fourth-order valence-electron chi connectivity index (χ4n) is 9.29. The number of fused-ring (bicyclic) bond motifs is 6. The fraction of sp³-hybridized carbons (Fsp3) is 0.543. The molecule has 0 spiro atoms. The van der Waals surface area contributed by atoms with Gasteiger partial charge in [0.2, 0.25) is 22.0 Å². The number of likely N-dealkylation sites (N-methyl/N-ethyl adjacent to an activating group) is 1. The molecule has 4 aromatic rings. The van der Waals surface area contributed by atoms with Crippen LogP contribution in [0.2, 0.25) is 0 Å². The summed E-state index contributed by atoms with van der Waals surface area (Å²) in [6.45, 7) is 11.9. The molecule has 350 valence electrons. The van der Waals surface area contributed by atoms with Gasteiger partial charge in [-0.15, -0.1) is 16.3 Å². The summed E-state index contributed by atoms with van der Waals surface area (Å²) in [6.07, 6.45) is 4.79. The van der Waals surface area contributed by atoms with Crippen LogP contribution in [-0.2, 0) is 53.8 Å². The topological polar surface area (TPSA) is 188 Å². The summed E-state index contributed by atoms with van der Waals surface area (Å²) in [5, 5.41) is 10.3. The highest BCUT2D eigenvalue weighted by Crippen LogP contribution is 2.41. The Morgan fingerprint density at radius 2 is 1.94 bits per heavy atom. The molecule has 5 atom stereocenters. The van der Waals surface area contributed by atoms with Crippen molar-refractivity contribution in [3.8, 4) is 22.5 Å². The second kappa shape index (κ2) is 19.4. The maximum atomic E-state index is 14.6. The molecule has 3 aliphatic rings. The van der Waals surface area contributed by atoms with Gasteiger partial charge in [-0.3, -0.25) is 24.4 Å². The lowest BCUT2D eigenvalue weighted by Crippen LogP contribution is -2.62. The number of hydrogen-bond acceptors (Lipinski definition) is 12. The number of methoxy groups -OCH3 is 1. The highest BCUT2D eigenvalue weighted by molar-refractivity contribution is 7.92. The van der Waals surface area contributed by atoms with Gasteiger partial charge in [-0.25, -0.2) is 18.8 Å². The van der Waals surface area contributed by atoms with E-state index in [1.54, 1.807) is 20.2 Å². The van der Waals surface area contributed by atoms with Gasteiger partial charge < -0.3 is 19.4 Å². The number of sulfonamides is 1. The molecule has 0 radical (unpaired) electrons. The summed E-state index contributed by atoms with van der Waals surface area (Å²) in [5.41, 5.74) is 8.99. The maximum Gasteiger partial charge on any atom is 0.324 e. The van der Waals surface area contributed by atoms with Gasteiger partial charge in [0.15, 0.2) is 6.04 Å². The summed E-state index contributed by atoms with van der Waals surface area (Å²) in [5.74, 6) is -1.88. The number of esters is 1. The number of nitrogens with zero attached hydrogens (tertiary/aromatic N) is 7. The number of amides is 2. The predicted octanol–water partition coefficient (Wildman–Crippen LogP) is 5.31. The van der Waals surface area contributed by atoms with E-state index in [9.17, 15) is 27.7 Å². The first kappa shape index (κ1) is 47.9. The molecule has 6 bridgehead atoms. The van der Waals surface area contributed by atoms with Crippen molar-refractivity contribution in [3.05, 3.63) is 74.6 Å². The minimum Gasteiger partial charge on any atom is -0.464 e. The largest absolute Gasteiger partial charge is 0.464 e. The average molecular weight is 933 g/mol. The molecule has 2 saturated heterocycles. The summed E-state index contributed by atoms with van der Waals surface area (Å²) < 4.78 is 40.7. The van der Waals surface area contributed by atoms with Crippen molar-refractivity contribution in [2.24, 2.45) is 18.4 Å². The van der Waals surface area contributed by atoms with Crippen LogP contribution in [-0.4, -0.2) is 124 Å². The van der Waals surface area contributed by atoms with Crippen LogP contribution in [0.5, 0.6) is 0 Å². The van der Waals surface area contributed by atoms with Crippen LogP contribution in [0, 0.1) is 16.2 Å². The first-order chi connectivity index (χ1) is 30.8. The molecule has 6 heterocycles. The third kappa shape index (κ3) is 10.0. The van der Waals surface area contributed by atoms with E-state index >= 15 is 0 Å². The zero-order valence-corrected chi connectivity index (χ0v) is 40.4. The fourth-order valence-corrected chi connectivity index (χ4v) is 11.4. The van der Waals surface area contributed by atoms with E-state index in [-0.39, 0.29) is 51.1 Å². The van der Waals surface area contributed by atoms with Gasteiger partial charge in [0, 0.05) is 84.5 Å². The van der Waals surface area contributed by atoms with E-state index in [0.29, 0.717) is 34.8 Å². The van der Waals surface area contributed by atoms with Gasteiger partial charge in [-0.05, 0) is 68.9 Å². The Morgan fingerprint density at radius 1 is 1.17 bits per heavy atom. The highest BCUT2D eigenvalue weighted by Gasteiger charge is 2.46. The number of hydrazine groups is 2. The molecule has 2 amide bonds. The quantitative estimate of drug-likeness (QED) is 0.112. The SMILES string of the molecule is C/C=C/S(=O)(=O)N1CC[C@H]([N+](=O)N(C)[C@H](C(=O)N[C@H]2Cc3nc(cs3)-c3ccc4c(c3)c(c(-c3cccnc3[C@H](C)OC)n4C)CC(C)(C)COC(=O)[C@@H]3CCCN(N3)C2=O)C(C)C)C1. The molecule has 17 nitrogen and oxygen atoms in total. The van der Waals surface area contributed by atoms with Crippen molar-refractivity contribution in [3.63, 3.8) is 0 Å². The average Bonchev–Trinajstić information content (AvgIpc) is 4.03. The zero-order chi connectivity index (χ0) is 47.0. The Kier molecular flexibility index (Phi) is 14.3. The molecular weight excluding hydrogens is 871 g/mol. The van der Waals surface area contributed by atoms with Crippen LogP contribution >= 0.6 is 11.3 Å². The number of nitroso groups, excluding NO2 is 1. The van der Waals surface area contributed by atoms with Crippen molar-refractivity contribution in [2.45, 2.75) is 104 Å². The van der Waals surface area contributed by atoms with E-state index in [1.165, 1.54) is 38.8 Å². The van der Waals surface area contributed by atoms with Crippen LogP contribution in [0.1, 0.15) is 83.2 Å². The van der Waals surface area contributed by atoms with Crippen LogP contribution in [0.25, 0.3) is 33.4 Å². The van der Waals surface area contributed by atoms with E-state index in [2.05, 4.69) is 47.4 Å². The number of aryl methyl sites for hydroxylation is 1. The lowest BCUT2D eigenvalue weighted by atomic mass is 9.84. The first-order valence-corrected chi connectivity index (χ1v) is 24.6. The van der Waals surface area contributed by atoms with Crippen LogP contribution in [0.15, 0.2) is 53.4 Å². The summed E-state index contributed by atoms with van der Waals surface area (Å²) in [7, 11) is 1.54. The number of carbonyl (C=O) groups excluding carboxylic acids is 3. The Labute approximate surface area is 385 Å². The number of nitrogens with one attached hydrogen (secondary N) is 2. The number of benzene rings is 1. The number of hydrogen-bond donors (Lipinski definition) is 2. The number of ether oxygens (including phenoxy) is 2. The second-order valence-electron chi connectivity index (χ2n) is 18.5. The summed E-state index contributed by atoms with van der Waals surface area (Å²) >= 11 is 1.38. The number of cyclic esters (lactones) is 1. The number of allylic oxidation sites excluding steroid dienone is 1. The van der Waals surface area contributed by atoms with Gasteiger partial charge in [0.1, 0.15) is 17.0 Å². The molecule has 0 unspecified atom stereocenters. The summed E-state index contributed by atoms with van der Waals surface area (Å²) in [4.78, 5) is 67.2. The molecule has 2 N–H and O–H groups in total. The van der Waals surface area contributed by atoms with Crippen LogP contribution < -0.4 is 10.7 Å². The molecule has 0 aliphatic carbocycles. The minimum absolute atomic E-state index is 0.0268. The Hall–Kier alpha value is -5.08. The monoisotopic (exact) mass is 932 g/mol. The Bertz CT molecular complexity index is 2590. The standard InChI is InChI=1S/C46H61N9O8S2/c1-10-21-65(60,61)53-20-17-31(25-53)55(59)52(8)41(28(2)3)43(56)49-36-23-39-48-37(26-64-39)30-15-16-38-33(22-30)34(42(51(38)7)32-13-11-18-47-40(32)29(4)62-9)24-46(5,6)27-63-45(58)35-14-12-19-54(50-35)44(36)57/h10-11,13,15-16,18,21-22,26,28-29,31,35-36,41,50H,12,14,17,19-20,23-25,27H2,1-9H3/p+1/b21-10+/t29-,31-,35-,36-,41-/m0/s1. The Morgan fingerprint density at radius 3 is 2.66 bits per heavy atom. The number of rotatable bonds is 11. The molecule has 0 saturated carbocycles. The smallest absolute Gasteiger partial charge is 0.324 e. The molecule has 7 rings (SSSR count). The van der Waals surface area contributed by atoms with Gasteiger partial charge >= 0.3 is 5.97 Å². The lowest BCUT2D eigenvalue weighted by molar-refractivity contribution is -0.732. The van der Waals surface area contributed by atoms with Crippen molar-refractivity contribution >= 4 is 50.0 Å². The number of thiazole rings is 1. The van der Waals surface area contributed by atoms with Crippen molar-refractivity contribution in [1.82, 2.24) is 39.6 Å². The number of pyridine rings is 1.